The fourth-order valence-electron chi connectivity index (χ4n) is 1.78. The van der Waals surface area contributed by atoms with E-state index in [9.17, 15) is 9.59 Å². The second-order valence-corrected chi connectivity index (χ2v) is 5.58. The first-order chi connectivity index (χ1) is 8.49. The molecule has 0 saturated carbocycles. The molecule has 0 radical (unpaired) electrons. The number of likely N-dealkylation sites (N-methyl/N-ethyl adjacent to an activating group) is 1. The van der Waals surface area contributed by atoms with Crippen molar-refractivity contribution in [1.82, 2.24) is 9.80 Å². The zero-order valence-corrected chi connectivity index (χ0v) is 12.4. The molecule has 1 fully saturated rings. The van der Waals surface area contributed by atoms with Crippen LogP contribution in [0.5, 0.6) is 0 Å². The summed E-state index contributed by atoms with van der Waals surface area (Å²) in [6.45, 7) is 1.27. The van der Waals surface area contributed by atoms with Gasteiger partial charge >= 0.3 is 0 Å². The predicted octanol–water partition coefficient (Wildman–Crippen LogP) is 1.65. The Kier molecular flexibility index (Phi) is 3.97. The molecule has 0 atom stereocenters. The Morgan fingerprint density at radius 2 is 2.11 bits per heavy atom. The molecule has 4 nitrogen and oxygen atoms in total. The summed E-state index contributed by atoms with van der Waals surface area (Å²) in [5.41, 5.74) is 0.542. The first kappa shape index (κ1) is 13.4. The van der Waals surface area contributed by atoms with Crippen LogP contribution in [0.2, 0.25) is 0 Å². The van der Waals surface area contributed by atoms with Gasteiger partial charge in [-0.15, -0.1) is 12.6 Å². The summed E-state index contributed by atoms with van der Waals surface area (Å²) < 4.78 is 0.719. The largest absolute Gasteiger partial charge is 0.342 e. The Morgan fingerprint density at radius 1 is 1.39 bits per heavy atom. The Bertz CT molecular complexity index is 507. The van der Waals surface area contributed by atoms with Crippen molar-refractivity contribution in [3.05, 3.63) is 28.2 Å². The summed E-state index contributed by atoms with van der Waals surface area (Å²) >= 11 is 7.57. The van der Waals surface area contributed by atoms with Gasteiger partial charge in [0.05, 0.1) is 5.56 Å². The van der Waals surface area contributed by atoms with Gasteiger partial charge in [-0.3, -0.25) is 9.59 Å². The van der Waals surface area contributed by atoms with Gasteiger partial charge in [0.25, 0.3) is 5.91 Å². The molecular formula is C12H13BrN2O2S. The van der Waals surface area contributed by atoms with E-state index in [1.54, 1.807) is 35.0 Å². The van der Waals surface area contributed by atoms with Crippen LogP contribution >= 0.6 is 28.6 Å². The van der Waals surface area contributed by atoms with Crippen LogP contribution in [0.4, 0.5) is 0 Å². The van der Waals surface area contributed by atoms with E-state index in [0.29, 0.717) is 18.7 Å². The molecule has 2 rings (SSSR count). The third-order valence-electron chi connectivity index (χ3n) is 2.92. The molecule has 2 amide bonds. The third kappa shape index (κ3) is 2.70. The van der Waals surface area contributed by atoms with Gasteiger partial charge < -0.3 is 9.80 Å². The van der Waals surface area contributed by atoms with E-state index in [0.717, 1.165) is 9.37 Å². The molecular weight excluding hydrogens is 316 g/mol. The predicted molar refractivity (Wildman–Crippen MR) is 74.9 cm³/mol. The van der Waals surface area contributed by atoms with Crippen LogP contribution in [0.15, 0.2) is 27.6 Å². The molecule has 6 heteroatoms. The van der Waals surface area contributed by atoms with Crippen molar-refractivity contribution in [3.63, 3.8) is 0 Å². The van der Waals surface area contributed by atoms with Gasteiger partial charge in [0.1, 0.15) is 6.54 Å². The van der Waals surface area contributed by atoms with Crippen molar-refractivity contribution >= 4 is 40.4 Å². The van der Waals surface area contributed by atoms with Crippen molar-refractivity contribution < 1.29 is 9.59 Å². The average Bonchev–Trinajstić information content (AvgIpc) is 2.35. The normalized spacial score (nSPS) is 16.1. The fourth-order valence-corrected chi connectivity index (χ4v) is 2.40. The number of amides is 2. The molecule has 1 aromatic rings. The van der Waals surface area contributed by atoms with Crippen molar-refractivity contribution in [3.8, 4) is 0 Å². The molecule has 1 heterocycles. The van der Waals surface area contributed by atoms with Gasteiger partial charge in [-0.1, -0.05) is 0 Å². The van der Waals surface area contributed by atoms with Crippen LogP contribution in [0, 0.1) is 0 Å². The van der Waals surface area contributed by atoms with Crippen LogP contribution in [0.25, 0.3) is 0 Å². The molecule has 1 aliphatic rings. The standard InChI is InChI=1S/C12H13BrN2O2S/c1-14-4-5-15(7-11(14)16)12(17)9-6-8(18)2-3-10(9)13/h2-3,6,18H,4-5,7H2,1H3. The highest BCUT2D eigenvalue weighted by atomic mass is 79.9. The summed E-state index contributed by atoms with van der Waals surface area (Å²) in [6, 6.07) is 5.30. The Morgan fingerprint density at radius 3 is 2.78 bits per heavy atom. The molecule has 0 spiro atoms. The molecule has 0 bridgehead atoms. The average molecular weight is 329 g/mol. The first-order valence-corrected chi connectivity index (χ1v) is 6.75. The van der Waals surface area contributed by atoms with Crippen LogP contribution in [0.1, 0.15) is 10.4 Å². The van der Waals surface area contributed by atoms with Crippen LogP contribution < -0.4 is 0 Å². The lowest BCUT2D eigenvalue weighted by Crippen LogP contribution is -2.50. The molecule has 96 valence electrons. The zero-order valence-electron chi connectivity index (χ0n) is 9.89. The van der Waals surface area contributed by atoms with Crippen molar-refractivity contribution in [1.29, 1.82) is 0 Å². The quantitative estimate of drug-likeness (QED) is 0.796. The molecule has 1 aromatic carbocycles. The van der Waals surface area contributed by atoms with Crippen molar-refractivity contribution in [2.75, 3.05) is 26.7 Å². The number of nitrogens with zero attached hydrogens (tertiary/aromatic N) is 2. The van der Waals surface area contributed by atoms with E-state index >= 15 is 0 Å². The highest BCUT2D eigenvalue weighted by Gasteiger charge is 2.26. The van der Waals surface area contributed by atoms with Gasteiger partial charge in [0.2, 0.25) is 5.91 Å². The summed E-state index contributed by atoms with van der Waals surface area (Å²) in [7, 11) is 1.74. The van der Waals surface area contributed by atoms with Crippen LogP contribution in [0.3, 0.4) is 0 Å². The molecule has 1 aliphatic heterocycles. The number of hydrogen-bond acceptors (Lipinski definition) is 3. The maximum absolute atomic E-state index is 12.3. The minimum Gasteiger partial charge on any atom is -0.342 e. The van der Waals surface area contributed by atoms with E-state index in [4.69, 9.17) is 0 Å². The molecule has 0 unspecified atom stereocenters. The van der Waals surface area contributed by atoms with Gasteiger partial charge in [-0.25, -0.2) is 0 Å². The summed E-state index contributed by atoms with van der Waals surface area (Å²) in [6.07, 6.45) is 0. The van der Waals surface area contributed by atoms with E-state index < -0.39 is 0 Å². The van der Waals surface area contributed by atoms with E-state index in [1.807, 2.05) is 0 Å². The maximum Gasteiger partial charge on any atom is 0.255 e. The summed E-state index contributed by atoms with van der Waals surface area (Å²) in [4.78, 5) is 27.8. The Hall–Kier alpha value is -1.01. The lowest BCUT2D eigenvalue weighted by Gasteiger charge is -2.32. The molecule has 18 heavy (non-hydrogen) atoms. The highest BCUT2D eigenvalue weighted by molar-refractivity contribution is 9.10. The fraction of sp³-hybridized carbons (Fsp3) is 0.333. The smallest absolute Gasteiger partial charge is 0.255 e. The second kappa shape index (κ2) is 5.32. The number of thiol groups is 1. The number of hydrogen-bond donors (Lipinski definition) is 1. The highest BCUT2D eigenvalue weighted by Crippen LogP contribution is 2.22. The van der Waals surface area contributed by atoms with E-state index in [-0.39, 0.29) is 18.4 Å². The Balaban J connectivity index is 2.21. The lowest BCUT2D eigenvalue weighted by atomic mass is 10.2. The monoisotopic (exact) mass is 328 g/mol. The molecule has 0 aromatic heterocycles. The molecule has 1 saturated heterocycles. The van der Waals surface area contributed by atoms with Crippen molar-refractivity contribution in [2.24, 2.45) is 0 Å². The minimum atomic E-state index is -0.140. The zero-order chi connectivity index (χ0) is 13.3. The maximum atomic E-state index is 12.3. The SMILES string of the molecule is CN1CCN(C(=O)c2cc(S)ccc2Br)CC1=O. The first-order valence-electron chi connectivity index (χ1n) is 5.51. The molecule has 0 aliphatic carbocycles. The Labute approximate surface area is 119 Å². The topological polar surface area (TPSA) is 40.6 Å². The van der Waals surface area contributed by atoms with Gasteiger partial charge in [-0.2, -0.15) is 0 Å². The van der Waals surface area contributed by atoms with E-state index in [1.165, 1.54) is 0 Å². The van der Waals surface area contributed by atoms with Crippen LogP contribution in [-0.4, -0.2) is 48.3 Å². The van der Waals surface area contributed by atoms with E-state index in [2.05, 4.69) is 28.6 Å². The van der Waals surface area contributed by atoms with Gasteiger partial charge in [0, 0.05) is 29.5 Å². The lowest BCUT2D eigenvalue weighted by molar-refractivity contribution is -0.133. The van der Waals surface area contributed by atoms with Crippen LogP contribution in [-0.2, 0) is 4.79 Å². The summed E-state index contributed by atoms with van der Waals surface area (Å²) in [5, 5.41) is 0. The van der Waals surface area contributed by atoms with Crippen molar-refractivity contribution in [2.45, 2.75) is 4.90 Å². The van der Waals surface area contributed by atoms with Gasteiger partial charge in [0.15, 0.2) is 0 Å². The summed E-state index contributed by atoms with van der Waals surface area (Å²) in [5.74, 6) is -0.174. The number of carbonyl (C=O) groups is 2. The number of benzene rings is 1. The minimum absolute atomic E-state index is 0.0345. The number of carbonyl (C=O) groups excluding carboxylic acids is 2. The third-order valence-corrected chi connectivity index (χ3v) is 3.89. The molecule has 0 N–H and O–H groups in total. The number of piperazine rings is 1. The second-order valence-electron chi connectivity index (χ2n) is 4.21. The number of halogens is 1. The number of rotatable bonds is 1. The van der Waals surface area contributed by atoms with Gasteiger partial charge in [-0.05, 0) is 34.1 Å².